The van der Waals surface area contributed by atoms with Gasteiger partial charge in [-0.25, -0.2) is 9.67 Å². The van der Waals surface area contributed by atoms with E-state index in [9.17, 15) is 9.59 Å². The number of para-hydroxylation sites is 1. The van der Waals surface area contributed by atoms with Crippen molar-refractivity contribution in [2.24, 2.45) is 11.8 Å². The molecule has 0 aliphatic carbocycles. The number of amides is 1. The minimum absolute atomic E-state index is 0.108. The number of hydrogen-bond acceptors (Lipinski definition) is 5. The maximum absolute atomic E-state index is 13.4. The normalized spacial score (nSPS) is 23.3. The van der Waals surface area contributed by atoms with E-state index < -0.39 is 0 Å². The van der Waals surface area contributed by atoms with E-state index in [1.165, 1.54) is 0 Å². The van der Waals surface area contributed by atoms with E-state index in [4.69, 9.17) is 4.98 Å². The van der Waals surface area contributed by atoms with E-state index in [0.29, 0.717) is 40.2 Å². The maximum atomic E-state index is 13.4. The molecule has 8 heteroatoms. The first kappa shape index (κ1) is 20.3. The molecule has 1 fully saturated rings. The van der Waals surface area contributed by atoms with Crippen molar-refractivity contribution in [2.45, 2.75) is 44.8 Å². The van der Waals surface area contributed by atoms with Gasteiger partial charge in [0.05, 0.1) is 17.9 Å². The zero-order chi connectivity index (χ0) is 21.7. The van der Waals surface area contributed by atoms with Crippen LogP contribution in [0.3, 0.4) is 0 Å². The number of hydrogen-bond donors (Lipinski definition) is 0. The number of fused-ring (bicyclic) bond motifs is 2. The molecule has 2 aromatic heterocycles. The van der Waals surface area contributed by atoms with Crippen LogP contribution in [0.5, 0.6) is 0 Å². The van der Waals surface area contributed by atoms with Gasteiger partial charge in [0.1, 0.15) is 5.39 Å². The second kappa shape index (κ2) is 7.82. The van der Waals surface area contributed by atoms with E-state index in [2.05, 4.69) is 18.9 Å². The molecule has 2 aliphatic rings. The van der Waals surface area contributed by atoms with Gasteiger partial charge in [-0.3, -0.25) is 14.2 Å². The summed E-state index contributed by atoms with van der Waals surface area (Å²) in [5, 5.41) is 5.63. The topological polar surface area (TPSA) is 73.0 Å². The lowest BCUT2D eigenvalue weighted by atomic mass is 9.91. The van der Waals surface area contributed by atoms with Gasteiger partial charge in [0.2, 0.25) is 5.91 Å². The summed E-state index contributed by atoms with van der Waals surface area (Å²) in [7, 11) is 0. The molecule has 1 saturated heterocycles. The molecule has 31 heavy (non-hydrogen) atoms. The summed E-state index contributed by atoms with van der Waals surface area (Å²) in [4.78, 5) is 33.1. The van der Waals surface area contributed by atoms with Crippen molar-refractivity contribution in [2.75, 3.05) is 18.8 Å². The van der Waals surface area contributed by atoms with Crippen LogP contribution in [-0.2, 0) is 4.79 Å². The zero-order valence-electron chi connectivity index (χ0n) is 18.1. The number of nitrogens with zero attached hydrogens (tertiary/aromatic N) is 5. The number of thioether (sulfide) groups is 1. The van der Waals surface area contributed by atoms with Crippen molar-refractivity contribution in [3.63, 3.8) is 0 Å². The van der Waals surface area contributed by atoms with Crippen LogP contribution in [0.1, 0.15) is 38.3 Å². The quantitative estimate of drug-likeness (QED) is 0.587. The average Bonchev–Trinajstić information content (AvgIpc) is 3.33. The van der Waals surface area contributed by atoms with E-state index in [-0.39, 0.29) is 17.5 Å². The van der Waals surface area contributed by atoms with Gasteiger partial charge in [0.15, 0.2) is 10.8 Å². The molecule has 0 saturated carbocycles. The summed E-state index contributed by atoms with van der Waals surface area (Å²) < 4.78 is 3.45. The molecule has 0 N–H and O–H groups in total. The van der Waals surface area contributed by atoms with Crippen LogP contribution in [-0.4, -0.2) is 49.0 Å². The van der Waals surface area contributed by atoms with Crippen LogP contribution >= 0.6 is 11.8 Å². The lowest BCUT2D eigenvalue weighted by Gasteiger charge is -2.35. The molecule has 1 aromatic carbocycles. The third kappa shape index (κ3) is 3.56. The van der Waals surface area contributed by atoms with Crippen molar-refractivity contribution in [1.29, 1.82) is 0 Å². The summed E-state index contributed by atoms with van der Waals surface area (Å²) >= 11 is 1.55. The molecule has 3 aromatic rings. The molecule has 3 atom stereocenters. The maximum Gasteiger partial charge on any atom is 0.265 e. The van der Waals surface area contributed by atoms with Crippen molar-refractivity contribution in [1.82, 2.24) is 24.2 Å². The van der Waals surface area contributed by atoms with Crippen LogP contribution in [0.25, 0.3) is 16.7 Å². The van der Waals surface area contributed by atoms with Crippen LogP contribution in [0.15, 0.2) is 40.4 Å². The number of carbonyl (C=O) groups is 1. The second-order valence-corrected chi connectivity index (χ2v) is 10.1. The van der Waals surface area contributed by atoms with Crippen LogP contribution in [0, 0.1) is 18.8 Å². The SMILES string of the molecule is Cc1ccccc1-n1ncc2c(=O)n3c(nc21)SCC3CC(=O)N1CC(C)CC(C)C1. The van der Waals surface area contributed by atoms with Gasteiger partial charge in [0, 0.05) is 25.3 Å². The van der Waals surface area contributed by atoms with Gasteiger partial charge in [-0.2, -0.15) is 5.10 Å². The molecule has 0 radical (unpaired) electrons. The highest BCUT2D eigenvalue weighted by Crippen LogP contribution is 2.34. The number of piperidine rings is 1. The summed E-state index contributed by atoms with van der Waals surface area (Å²) in [6, 6.07) is 7.76. The fourth-order valence-electron chi connectivity index (χ4n) is 4.96. The van der Waals surface area contributed by atoms with Crippen LogP contribution in [0.4, 0.5) is 0 Å². The Hall–Kier alpha value is -2.61. The Bertz CT molecular complexity index is 1210. The van der Waals surface area contributed by atoms with Crippen molar-refractivity contribution in [3.05, 3.63) is 46.4 Å². The third-order valence-corrected chi connectivity index (χ3v) is 7.44. The Morgan fingerprint density at radius 1 is 1.19 bits per heavy atom. The minimum atomic E-state index is -0.161. The van der Waals surface area contributed by atoms with Crippen molar-refractivity contribution >= 4 is 28.7 Å². The highest BCUT2D eigenvalue weighted by molar-refractivity contribution is 7.99. The molecule has 0 spiro atoms. The minimum Gasteiger partial charge on any atom is -0.342 e. The Labute approximate surface area is 185 Å². The Morgan fingerprint density at radius 3 is 2.68 bits per heavy atom. The van der Waals surface area contributed by atoms with Gasteiger partial charge in [-0.15, -0.1) is 0 Å². The van der Waals surface area contributed by atoms with Crippen LogP contribution < -0.4 is 5.56 Å². The van der Waals surface area contributed by atoms with Gasteiger partial charge >= 0.3 is 0 Å². The van der Waals surface area contributed by atoms with Crippen molar-refractivity contribution in [3.8, 4) is 5.69 Å². The summed E-state index contributed by atoms with van der Waals surface area (Å²) in [5.74, 6) is 1.88. The summed E-state index contributed by atoms with van der Waals surface area (Å²) in [6.45, 7) is 8.04. The van der Waals surface area contributed by atoms with Gasteiger partial charge in [-0.1, -0.05) is 43.8 Å². The summed E-state index contributed by atoms with van der Waals surface area (Å²) in [6.07, 6.45) is 3.11. The Balaban J connectivity index is 1.47. The second-order valence-electron chi connectivity index (χ2n) is 9.06. The van der Waals surface area contributed by atoms with Gasteiger partial charge in [-0.05, 0) is 36.8 Å². The van der Waals surface area contributed by atoms with Gasteiger partial charge in [0.25, 0.3) is 5.56 Å². The Kier molecular flexibility index (Phi) is 5.12. The lowest BCUT2D eigenvalue weighted by molar-refractivity contribution is -0.134. The number of likely N-dealkylation sites (tertiary alicyclic amines) is 1. The number of benzene rings is 1. The van der Waals surface area contributed by atoms with Crippen molar-refractivity contribution < 1.29 is 4.79 Å². The molecule has 3 unspecified atom stereocenters. The number of rotatable bonds is 3. The molecule has 2 aliphatic heterocycles. The highest BCUT2D eigenvalue weighted by atomic mass is 32.2. The average molecular weight is 438 g/mol. The predicted molar refractivity (Wildman–Crippen MR) is 122 cm³/mol. The third-order valence-electron chi connectivity index (χ3n) is 6.35. The Morgan fingerprint density at radius 2 is 1.94 bits per heavy atom. The van der Waals surface area contributed by atoms with Crippen LogP contribution in [0.2, 0.25) is 0 Å². The number of aryl methyl sites for hydroxylation is 1. The summed E-state index contributed by atoms with van der Waals surface area (Å²) in [5.41, 5.74) is 2.44. The molecular formula is C23H27N5O2S. The van der Waals surface area contributed by atoms with Gasteiger partial charge < -0.3 is 4.90 Å². The number of carbonyl (C=O) groups excluding carboxylic acids is 1. The lowest BCUT2D eigenvalue weighted by Crippen LogP contribution is -2.43. The first-order chi connectivity index (χ1) is 14.9. The van der Waals surface area contributed by atoms with E-state index in [0.717, 1.165) is 30.8 Å². The fraction of sp³-hybridized carbons (Fsp3) is 0.478. The highest BCUT2D eigenvalue weighted by Gasteiger charge is 2.32. The molecule has 4 heterocycles. The molecule has 7 nitrogen and oxygen atoms in total. The van der Waals surface area contributed by atoms with E-state index >= 15 is 0 Å². The molecule has 0 bridgehead atoms. The molecule has 5 rings (SSSR count). The van der Waals surface area contributed by atoms with E-state index in [1.807, 2.05) is 36.1 Å². The largest absolute Gasteiger partial charge is 0.342 e. The monoisotopic (exact) mass is 437 g/mol. The first-order valence-electron chi connectivity index (χ1n) is 10.9. The predicted octanol–water partition coefficient (Wildman–Crippen LogP) is 3.43. The zero-order valence-corrected chi connectivity index (χ0v) is 18.9. The van der Waals surface area contributed by atoms with E-state index in [1.54, 1.807) is 27.2 Å². The molecule has 1 amide bonds. The first-order valence-corrected chi connectivity index (χ1v) is 11.9. The smallest absolute Gasteiger partial charge is 0.265 e. The standard InChI is InChI=1S/C23H27N5O2S/c1-14-8-15(2)12-26(11-14)20(29)9-17-13-31-23-25-21-18(22(30)27(17)23)10-24-28(21)19-7-5-4-6-16(19)3/h4-7,10,14-15,17H,8-9,11-13H2,1-3H3. The fourth-order valence-corrected chi connectivity index (χ4v) is 6.09. The number of aromatic nitrogens is 4. The molecule has 162 valence electrons. The molecular weight excluding hydrogens is 410 g/mol.